The third-order valence-corrected chi connectivity index (χ3v) is 6.45. The molecule has 1 saturated heterocycles. The van der Waals surface area contributed by atoms with E-state index in [1.165, 1.54) is 11.2 Å². The van der Waals surface area contributed by atoms with Gasteiger partial charge in [0.05, 0.1) is 17.9 Å². The molecule has 0 amide bonds. The molecule has 1 aliphatic heterocycles. The molecule has 5 nitrogen and oxygen atoms in total. The molecule has 0 N–H and O–H groups in total. The van der Waals surface area contributed by atoms with Crippen LogP contribution in [0.25, 0.3) is 0 Å². The molecule has 1 aliphatic rings. The first kappa shape index (κ1) is 17.0. The van der Waals surface area contributed by atoms with E-state index in [9.17, 15) is 17.2 Å². The first-order chi connectivity index (χ1) is 11.3. The molecule has 1 unspecified atom stereocenters. The molecule has 8 heteroatoms. The smallest absolute Gasteiger partial charge is 0.207 e. The fraction of sp³-hybridized carbons (Fsp3) is 0.438. The number of nitrogens with zero attached hydrogens (tertiary/aromatic N) is 3. The summed E-state index contributed by atoms with van der Waals surface area (Å²) in [7, 11) is -3.87. The van der Waals surface area contributed by atoms with Gasteiger partial charge >= 0.3 is 6.55 Å². The van der Waals surface area contributed by atoms with Crippen molar-refractivity contribution >= 4 is 10.0 Å². The maximum absolute atomic E-state index is 13.0. The van der Waals surface area contributed by atoms with Gasteiger partial charge in [0, 0.05) is 6.54 Å². The first-order valence-corrected chi connectivity index (χ1v) is 9.17. The van der Waals surface area contributed by atoms with Gasteiger partial charge in [-0.25, -0.2) is 13.1 Å². The number of hydrogen-bond acceptors (Lipinski definition) is 3. The van der Waals surface area contributed by atoms with Gasteiger partial charge in [0.2, 0.25) is 10.0 Å². The molecule has 1 atom stereocenters. The van der Waals surface area contributed by atoms with Crippen LogP contribution in [0.4, 0.5) is 8.78 Å². The number of benzene rings is 1. The second kappa shape index (κ2) is 6.25. The lowest BCUT2D eigenvalue weighted by Crippen LogP contribution is -2.31. The number of sulfonamides is 1. The van der Waals surface area contributed by atoms with Gasteiger partial charge in [-0.2, -0.15) is 18.2 Å². The minimum atomic E-state index is -3.87. The zero-order valence-corrected chi connectivity index (χ0v) is 14.3. The predicted molar refractivity (Wildman–Crippen MR) is 85.3 cm³/mol. The summed E-state index contributed by atoms with van der Waals surface area (Å²) in [5, 5.41) is 3.52. The fourth-order valence-electron chi connectivity index (χ4n) is 3.13. The highest BCUT2D eigenvalue weighted by molar-refractivity contribution is 7.89. The van der Waals surface area contributed by atoms with Gasteiger partial charge < -0.3 is 0 Å². The Hall–Kier alpha value is -1.80. The highest BCUT2D eigenvalue weighted by Crippen LogP contribution is 2.37. The second-order valence-corrected chi connectivity index (χ2v) is 7.86. The number of rotatable bonds is 4. The van der Waals surface area contributed by atoms with Crippen molar-refractivity contribution in [2.75, 3.05) is 6.54 Å². The van der Waals surface area contributed by atoms with Crippen molar-refractivity contribution in [1.82, 2.24) is 14.1 Å². The molecule has 1 fully saturated rings. The summed E-state index contributed by atoms with van der Waals surface area (Å²) in [6, 6.07) is 7.45. The van der Waals surface area contributed by atoms with E-state index in [0.29, 0.717) is 17.6 Å². The minimum absolute atomic E-state index is 0.0421. The second-order valence-electron chi connectivity index (χ2n) is 6.00. The van der Waals surface area contributed by atoms with E-state index in [1.807, 2.05) is 31.2 Å². The molecule has 1 aromatic heterocycles. The standard InChI is InChI=1S/C16H19F2N3O2S/c1-11-5-7-13(8-6-11)14-4-3-9-20(14)24(22,23)15-10-19-21(12(15)2)16(17)18/h5-8,10,14,16H,3-4,9H2,1-2H3. The Bertz CT molecular complexity index is 832. The number of aromatic nitrogens is 2. The van der Waals surface area contributed by atoms with E-state index in [0.717, 1.165) is 23.7 Å². The molecule has 130 valence electrons. The summed E-state index contributed by atoms with van der Waals surface area (Å²) in [5.41, 5.74) is 1.97. The summed E-state index contributed by atoms with van der Waals surface area (Å²) in [6.45, 7) is 0.832. The van der Waals surface area contributed by atoms with Crippen molar-refractivity contribution < 1.29 is 17.2 Å². The van der Waals surface area contributed by atoms with E-state index >= 15 is 0 Å². The molecule has 0 aliphatic carbocycles. The summed E-state index contributed by atoms with van der Waals surface area (Å²) < 4.78 is 53.5. The number of aryl methyl sites for hydroxylation is 1. The van der Waals surface area contributed by atoms with Crippen LogP contribution >= 0.6 is 0 Å². The lowest BCUT2D eigenvalue weighted by atomic mass is 10.0. The average molecular weight is 355 g/mol. The SMILES string of the molecule is Cc1ccc(C2CCCN2S(=O)(=O)c2cnn(C(F)F)c2C)cc1. The number of alkyl halides is 2. The third-order valence-electron chi connectivity index (χ3n) is 4.44. The van der Waals surface area contributed by atoms with Crippen molar-refractivity contribution in [3.8, 4) is 0 Å². The van der Waals surface area contributed by atoms with Crippen LogP contribution in [0.5, 0.6) is 0 Å². The van der Waals surface area contributed by atoms with Crippen LogP contribution in [0.3, 0.4) is 0 Å². The van der Waals surface area contributed by atoms with Crippen LogP contribution in [0.1, 0.15) is 42.3 Å². The Morgan fingerprint density at radius 2 is 1.88 bits per heavy atom. The molecule has 2 heterocycles. The molecule has 0 bridgehead atoms. The van der Waals surface area contributed by atoms with Crippen LogP contribution in [-0.4, -0.2) is 29.0 Å². The van der Waals surface area contributed by atoms with Crippen LogP contribution in [0.2, 0.25) is 0 Å². The molecular weight excluding hydrogens is 336 g/mol. The van der Waals surface area contributed by atoms with E-state index in [4.69, 9.17) is 0 Å². The van der Waals surface area contributed by atoms with Crippen LogP contribution < -0.4 is 0 Å². The molecule has 0 spiro atoms. The van der Waals surface area contributed by atoms with Crippen molar-refractivity contribution in [2.24, 2.45) is 0 Å². The fourth-order valence-corrected chi connectivity index (χ4v) is 4.96. The van der Waals surface area contributed by atoms with Crippen LogP contribution in [0.15, 0.2) is 35.4 Å². The van der Waals surface area contributed by atoms with Gasteiger partial charge in [-0.1, -0.05) is 29.8 Å². The third kappa shape index (κ3) is 2.84. The lowest BCUT2D eigenvalue weighted by molar-refractivity contribution is 0.0541. The van der Waals surface area contributed by atoms with E-state index in [1.54, 1.807) is 0 Å². The highest BCUT2D eigenvalue weighted by Gasteiger charge is 2.38. The Kier molecular flexibility index (Phi) is 4.44. The predicted octanol–water partition coefficient (Wildman–Crippen LogP) is 3.42. The first-order valence-electron chi connectivity index (χ1n) is 7.73. The monoisotopic (exact) mass is 355 g/mol. The maximum atomic E-state index is 13.0. The van der Waals surface area contributed by atoms with Crippen molar-refractivity contribution in [3.05, 3.63) is 47.3 Å². The van der Waals surface area contributed by atoms with Gasteiger partial charge in [-0.3, -0.25) is 0 Å². The van der Waals surface area contributed by atoms with Crippen LogP contribution in [0, 0.1) is 13.8 Å². The summed E-state index contributed by atoms with van der Waals surface area (Å²) in [5.74, 6) is 0. The van der Waals surface area contributed by atoms with Crippen molar-refractivity contribution in [1.29, 1.82) is 0 Å². The summed E-state index contributed by atoms with van der Waals surface area (Å²) in [4.78, 5) is -0.151. The van der Waals surface area contributed by atoms with E-state index in [2.05, 4.69) is 5.10 Å². The van der Waals surface area contributed by atoms with Crippen LogP contribution in [-0.2, 0) is 10.0 Å². The summed E-state index contributed by atoms with van der Waals surface area (Å²) in [6.07, 6.45) is 2.46. The van der Waals surface area contributed by atoms with Gasteiger partial charge in [0.1, 0.15) is 4.90 Å². The quantitative estimate of drug-likeness (QED) is 0.844. The maximum Gasteiger partial charge on any atom is 0.333 e. The normalized spacial score (nSPS) is 19.3. The topological polar surface area (TPSA) is 55.2 Å². The van der Waals surface area contributed by atoms with Crippen molar-refractivity contribution in [3.63, 3.8) is 0 Å². The Morgan fingerprint density at radius 1 is 1.21 bits per heavy atom. The van der Waals surface area contributed by atoms with Gasteiger partial charge in [-0.15, -0.1) is 0 Å². The Morgan fingerprint density at radius 3 is 2.46 bits per heavy atom. The lowest BCUT2D eigenvalue weighted by Gasteiger charge is -2.24. The van der Waals surface area contributed by atoms with Gasteiger partial charge in [0.25, 0.3) is 0 Å². The zero-order valence-electron chi connectivity index (χ0n) is 13.5. The van der Waals surface area contributed by atoms with E-state index < -0.39 is 16.6 Å². The Labute approximate surface area is 139 Å². The largest absolute Gasteiger partial charge is 0.333 e. The molecule has 3 rings (SSSR count). The van der Waals surface area contributed by atoms with Gasteiger partial charge in [-0.05, 0) is 32.3 Å². The molecule has 24 heavy (non-hydrogen) atoms. The molecule has 0 radical (unpaired) electrons. The highest BCUT2D eigenvalue weighted by atomic mass is 32.2. The summed E-state index contributed by atoms with van der Waals surface area (Å²) >= 11 is 0. The van der Waals surface area contributed by atoms with Crippen molar-refractivity contribution in [2.45, 2.75) is 44.2 Å². The molecule has 1 aromatic carbocycles. The number of hydrogen-bond donors (Lipinski definition) is 0. The molecule has 2 aromatic rings. The minimum Gasteiger partial charge on any atom is -0.207 e. The molecular formula is C16H19F2N3O2S. The van der Waals surface area contributed by atoms with E-state index in [-0.39, 0.29) is 16.6 Å². The number of halogens is 2. The average Bonchev–Trinajstić information content (AvgIpc) is 3.15. The zero-order chi connectivity index (χ0) is 17.5. The molecule has 0 saturated carbocycles. The Balaban J connectivity index is 1.98. The van der Waals surface area contributed by atoms with Gasteiger partial charge in [0.15, 0.2) is 0 Å².